The zero-order chi connectivity index (χ0) is 59.6. The van der Waals surface area contributed by atoms with Crippen molar-refractivity contribution in [2.75, 3.05) is 65.5 Å². The van der Waals surface area contributed by atoms with Crippen LogP contribution in [-0.4, -0.2) is 175 Å². The first kappa shape index (κ1) is 63.2. The number of nitrogens with two attached hydrogens (primary N) is 2. The average molecular weight is 1200 g/mol. The number of carbonyl (C=O) groups is 2. The summed E-state index contributed by atoms with van der Waals surface area (Å²) in [6.45, 7) is 1.70. The lowest BCUT2D eigenvalue weighted by Crippen LogP contribution is -2.49. The molecule has 4 aromatic heterocycles. The minimum atomic E-state index is -4.45. The third-order valence-electron chi connectivity index (χ3n) is 13.2. The van der Waals surface area contributed by atoms with Gasteiger partial charge in [0, 0.05) is 14.2 Å². The van der Waals surface area contributed by atoms with Gasteiger partial charge in [-0.25, -0.2) is 36.9 Å². The first-order chi connectivity index (χ1) is 39.0. The number of hydrogen-bond donors (Lipinski definition) is 8. The van der Waals surface area contributed by atoms with Gasteiger partial charge < -0.3 is 69.4 Å². The average Bonchev–Trinajstić information content (AvgIpc) is 4.24. The van der Waals surface area contributed by atoms with Crippen LogP contribution in [0.1, 0.15) is 51.3 Å². The van der Waals surface area contributed by atoms with E-state index in [4.69, 9.17) is 58.0 Å². The zero-order valence-electron chi connectivity index (χ0n) is 45.2. The number of nitrogens with zero attached hydrogens (tertiary/aromatic N) is 6. The van der Waals surface area contributed by atoms with Gasteiger partial charge >= 0.3 is 27.4 Å². The lowest BCUT2D eigenvalue weighted by molar-refractivity contribution is -0.149. The number of methoxy groups -OCH3 is 2. The van der Waals surface area contributed by atoms with E-state index in [0.717, 1.165) is 0 Å². The maximum atomic E-state index is 14.6. The van der Waals surface area contributed by atoms with E-state index in [-0.39, 0.29) is 59.9 Å². The lowest BCUT2D eigenvalue weighted by Gasteiger charge is -2.31. The molecule has 0 bridgehead atoms. The van der Waals surface area contributed by atoms with Gasteiger partial charge in [0.25, 0.3) is 0 Å². The third-order valence-corrected chi connectivity index (χ3v) is 16.4. The number of benzene rings is 2. The third kappa shape index (κ3) is 14.5. The van der Waals surface area contributed by atoms with E-state index >= 15 is 0 Å². The van der Waals surface area contributed by atoms with E-state index in [9.17, 15) is 47.9 Å². The van der Waals surface area contributed by atoms with Gasteiger partial charge in [-0.1, -0.05) is 36.4 Å². The fraction of sp³-hybridized carbons (Fsp3) is 0.480. The number of hydrogen-bond acceptors (Lipinski definition) is 24. The van der Waals surface area contributed by atoms with Crippen molar-refractivity contribution in [2.24, 2.45) is 0 Å². The standard InChI is InChI=1S/2C25H33FN5O9P/c2*1-15(36-3)11-37-24(34)16(2)30-41(35,40-17-7-5-4-6-8-17)38-13-25(12-26)22(33)20(32)21(39-25)18-9-10-19-23(27)28-14-29-31(18)19/h2*4-10,14-16,20-22,32-33H,11-13H2,1-3H3,(H,30,35)(H2,27,28,29)/t15-,16+,20+,21+,22+,25-,41+;15-,16+,20+,21+,22+,25-,41-/m11/s1. The predicted molar refractivity (Wildman–Crippen MR) is 285 cm³/mol. The molecule has 14 atom stereocenters. The number of fused-ring (bicyclic) bond motifs is 2. The number of rotatable bonds is 26. The van der Waals surface area contributed by atoms with Crippen molar-refractivity contribution in [1.29, 1.82) is 0 Å². The number of aliphatic hydroxyl groups excluding tert-OH is 4. The highest BCUT2D eigenvalue weighted by molar-refractivity contribution is 7.52. The molecule has 0 radical (unpaired) electrons. The summed E-state index contributed by atoms with van der Waals surface area (Å²) >= 11 is 0. The number of ether oxygens (including phenoxy) is 6. The van der Waals surface area contributed by atoms with Crippen molar-refractivity contribution in [3.8, 4) is 11.5 Å². The van der Waals surface area contributed by atoms with Crippen molar-refractivity contribution in [2.45, 2.75) is 99.8 Å². The summed E-state index contributed by atoms with van der Waals surface area (Å²) in [6.07, 6.45) is -7.76. The molecule has 2 aliphatic rings. The van der Waals surface area contributed by atoms with E-state index in [2.05, 4.69) is 30.3 Å². The van der Waals surface area contributed by atoms with Gasteiger partial charge in [-0.05, 0) is 76.2 Å². The molecule has 32 heteroatoms. The number of carbonyl (C=O) groups excluding carboxylic acids is 2. The zero-order valence-corrected chi connectivity index (χ0v) is 47.0. The smallest absolute Gasteiger partial charge is 0.459 e. The number of esters is 2. The van der Waals surface area contributed by atoms with Crippen LogP contribution in [0.5, 0.6) is 11.5 Å². The summed E-state index contributed by atoms with van der Waals surface area (Å²) in [5.74, 6) is -0.988. The fourth-order valence-electron chi connectivity index (χ4n) is 8.30. The molecule has 0 saturated carbocycles. The molecule has 0 unspecified atom stereocenters. The second-order valence-electron chi connectivity index (χ2n) is 19.2. The van der Waals surface area contributed by atoms with Gasteiger partial charge in [0.2, 0.25) is 0 Å². The number of aromatic nitrogens is 6. The number of alkyl halides is 2. The van der Waals surface area contributed by atoms with E-state index < -0.39 is 114 Å². The maximum Gasteiger partial charge on any atom is 0.459 e. The van der Waals surface area contributed by atoms with Gasteiger partial charge in [-0.3, -0.25) is 18.6 Å². The maximum absolute atomic E-state index is 14.6. The molecule has 0 aliphatic carbocycles. The van der Waals surface area contributed by atoms with Gasteiger partial charge in [-0.2, -0.15) is 20.4 Å². The van der Waals surface area contributed by atoms with Crippen molar-refractivity contribution in [3.05, 3.63) is 109 Å². The molecule has 28 nitrogen and oxygen atoms in total. The summed E-state index contributed by atoms with van der Waals surface area (Å²) < 4.78 is 114. The normalized spacial score (nSPS) is 25.5. The van der Waals surface area contributed by atoms with Crippen LogP contribution < -0.4 is 30.7 Å². The molecule has 448 valence electrons. The quantitative estimate of drug-likeness (QED) is 0.0286. The van der Waals surface area contributed by atoms with E-state index in [1.54, 1.807) is 74.5 Å². The van der Waals surface area contributed by atoms with Gasteiger partial charge in [0.05, 0.1) is 36.8 Å². The van der Waals surface area contributed by atoms with Gasteiger partial charge in [0.15, 0.2) is 11.6 Å². The molecule has 2 aliphatic heterocycles. The molecule has 82 heavy (non-hydrogen) atoms. The summed E-state index contributed by atoms with van der Waals surface area (Å²) in [5, 5.41) is 56.7. The SMILES string of the molecule is CO[C@H](C)COC(=O)[C@H](C)N[P@@](=O)(OC[C@@]1(CF)O[C@@H](c2ccc3c(N)ncnn23)[C@H](O)[C@@H]1O)Oc1ccccc1.CO[C@H](C)COC(=O)[C@H](C)N[P@](=O)(OC[C@@]1(CF)O[C@@H](c2ccc3c(N)ncnn23)[C@H](O)[C@@H]1O)Oc1ccccc1. The Labute approximate surface area is 468 Å². The van der Waals surface area contributed by atoms with Gasteiger partial charge in [-0.15, -0.1) is 0 Å². The summed E-state index contributed by atoms with van der Waals surface area (Å²) in [4.78, 5) is 32.8. The number of aliphatic hydroxyl groups is 4. The minimum Gasteiger partial charge on any atom is -0.462 e. The summed E-state index contributed by atoms with van der Waals surface area (Å²) in [7, 11) is -5.98. The Morgan fingerprint density at radius 1 is 0.634 bits per heavy atom. The van der Waals surface area contributed by atoms with E-state index in [1.165, 1.54) is 74.0 Å². The Balaban J connectivity index is 0.000000236. The van der Waals surface area contributed by atoms with Crippen LogP contribution in [0.25, 0.3) is 11.0 Å². The molecule has 2 aromatic carbocycles. The first-order valence-electron chi connectivity index (χ1n) is 25.3. The number of halogens is 2. The summed E-state index contributed by atoms with van der Waals surface area (Å²) in [5.41, 5.74) is 8.77. The number of nitrogen functional groups attached to an aromatic ring is 2. The van der Waals surface area contributed by atoms with Crippen molar-refractivity contribution >= 4 is 50.1 Å². The van der Waals surface area contributed by atoms with E-state index in [0.29, 0.717) is 11.0 Å². The van der Waals surface area contributed by atoms with Gasteiger partial charge in [0.1, 0.15) is 122 Å². The van der Waals surface area contributed by atoms with Crippen LogP contribution >= 0.6 is 15.5 Å². The van der Waals surface area contributed by atoms with Crippen LogP contribution in [0.4, 0.5) is 20.4 Å². The molecule has 10 N–H and O–H groups in total. The summed E-state index contributed by atoms with van der Waals surface area (Å²) in [6, 6.07) is 19.7. The molecule has 6 heterocycles. The number of para-hydroxylation sites is 2. The minimum absolute atomic E-state index is 0.0543. The highest BCUT2D eigenvalue weighted by atomic mass is 31.2. The number of nitrogens with one attached hydrogen (secondary N) is 2. The highest BCUT2D eigenvalue weighted by Crippen LogP contribution is 2.51. The molecule has 8 rings (SSSR count). The molecular formula is C50H66F2N10O18P2. The largest absolute Gasteiger partial charge is 0.462 e. The Morgan fingerprint density at radius 3 is 1.34 bits per heavy atom. The molecule has 2 saturated heterocycles. The van der Waals surface area contributed by atoms with Crippen LogP contribution in [0.3, 0.4) is 0 Å². The molecular weight excluding hydrogens is 1130 g/mol. The Hall–Kier alpha value is -6.34. The first-order valence-corrected chi connectivity index (χ1v) is 28.4. The predicted octanol–water partition coefficient (Wildman–Crippen LogP) is 3.15. The van der Waals surface area contributed by atoms with Crippen LogP contribution in [0, 0.1) is 0 Å². The lowest BCUT2D eigenvalue weighted by atomic mass is 9.96. The van der Waals surface area contributed by atoms with Crippen LogP contribution in [-0.2, 0) is 56.2 Å². The second kappa shape index (κ2) is 27.4. The number of anilines is 2. The second-order valence-corrected chi connectivity index (χ2v) is 22.5. The van der Waals surface area contributed by atoms with Crippen molar-refractivity contribution < 1.29 is 94.4 Å². The monoisotopic (exact) mass is 1190 g/mol. The molecule has 0 amide bonds. The topological polar surface area (TPSA) is 378 Å². The van der Waals surface area contributed by atoms with Crippen molar-refractivity contribution in [1.82, 2.24) is 39.4 Å². The Bertz CT molecular complexity index is 2970. The van der Waals surface area contributed by atoms with Crippen LogP contribution in [0.2, 0.25) is 0 Å². The molecule has 6 aromatic rings. The Kier molecular flexibility index (Phi) is 21.1. The van der Waals surface area contributed by atoms with Crippen molar-refractivity contribution in [3.63, 3.8) is 0 Å². The molecule has 0 spiro atoms. The highest BCUT2D eigenvalue weighted by Gasteiger charge is 2.58. The van der Waals surface area contributed by atoms with Crippen LogP contribution in [0.15, 0.2) is 97.6 Å². The fourth-order valence-corrected chi connectivity index (χ4v) is 11.4. The Morgan fingerprint density at radius 2 is 1.00 bits per heavy atom. The van der Waals surface area contributed by atoms with E-state index in [1.807, 2.05) is 0 Å². The molecule has 2 fully saturated rings.